The summed E-state index contributed by atoms with van der Waals surface area (Å²) in [7, 11) is 1.25. The van der Waals surface area contributed by atoms with Gasteiger partial charge < -0.3 is 11.2 Å². The van der Waals surface area contributed by atoms with Crippen LogP contribution in [0.4, 0.5) is 0 Å². The average molecular weight is 135 g/mol. The summed E-state index contributed by atoms with van der Waals surface area (Å²) in [6.07, 6.45) is 0. The summed E-state index contributed by atoms with van der Waals surface area (Å²) < 4.78 is 0. The minimum absolute atomic E-state index is 0. The first-order chi connectivity index (χ1) is 1.00. The van der Waals surface area contributed by atoms with E-state index in [2.05, 4.69) is 0 Å². The van der Waals surface area contributed by atoms with Gasteiger partial charge in [0.2, 0.25) is 0 Å². The molecule has 0 fully saturated rings. The number of nitrogens with one attached hydrogen (secondary N) is 1. The van der Waals surface area contributed by atoms with E-state index in [1.54, 1.807) is 0 Å². The molecule has 0 amide bonds. The van der Waals surface area contributed by atoms with Gasteiger partial charge in [-0.2, -0.15) is 7.05 Å². The van der Waals surface area contributed by atoms with Crippen molar-refractivity contribution in [1.29, 1.82) is 0 Å². The molecule has 0 saturated carbocycles. The number of rotatable bonds is 0. The molecule has 0 spiro atoms. The molecule has 0 aliphatic heterocycles. The predicted octanol–water partition coefficient (Wildman–Crippen LogP) is 0.111. The molecule has 0 aliphatic rings. The Morgan fingerprint density at radius 1 is 1.25 bits per heavy atom. The van der Waals surface area contributed by atoms with Gasteiger partial charge >= 0.3 is 45.5 Å². The maximum absolute atomic E-state index is 5.75. The van der Waals surface area contributed by atoms with E-state index in [-0.39, 0.29) is 51.0 Å². The first-order valence-corrected chi connectivity index (χ1v) is 0.500. The molecule has 0 bridgehead atoms. The SMILES string of the molecule is C[NH-].[OH-].[Sr+2]. The van der Waals surface area contributed by atoms with Crippen LogP contribution in [-0.2, 0) is 0 Å². The Hall–Kier alpha value is 1.40. The van der Waals surface area contributed by atoms with Crippen molar-refractivity contribution in [3.8, 4) is 0 Å². The largest absolute Gasteiger partial charge is 2.00 e. The van der Waals surface area contributed by atoms with Crippen LogP contribution in [0.5, 0.6) is 0 Å². The average Bonchev–Trinajstić information content (AvgIpc) is 1.00. The summed E-state index contributed by atoms with van der Waals surface area (Å²) in [6.45, 7) is 0. The summed E-state index contributed by atoms with van der Waals surface area (Å²) in [5.74, 6) is 0. The molecule has 0 aliphatic carbocycles. The second-order valence-electron chi connectivity index (χ2n) is 0. The van der Waals surface area contributed by atoms with E-state index in [4.69, 9.17) is 5.73 Å². The molecule has 4 heavy (non-hydrogen) atoms. The fourth-order valence-corrected chi connectivity index (χ4v) is 0. The van der Waals surface area contributed by atoms with Crippen molar-refractivity contribution in [2.45, 2.75) is 0 Å². The van der Waals surface area contributed by atoms with Gasteiger partial charge in [-0.05, 0) is 0 Å². The molecule has 2 nitrogen and oxygen atoms in total. The van der Waals surface area contributed by atoms with Gasteiger partial charge in [0, 0.05) is 0 Å². The molecule has 0 heterocycles. The molecule has 22 valence electrons. The number of hydrogen-bond donors (Lipinski definition) is 0. The van der Waals surface area contributed by atoms with Crippen LogP contribution in [0.15, 0.2) is 0 Å². The molecule has 0 atom stereocenters. The summed E-state index contributed by atoms with van der Waals surface area (Å²) >= 11 is 0. The standard InChI is InChI=1S/CH4N.H2O.Sr/c1-2;;/h2H,1H3;1H2;/q-1;;+2/p-1. The van der Waals surface area contributed by atoms with E-state index >= 15 is 0 Å². The molecule has 0 unspecified atom stereocenters. The summed E-state index contributed by atoms with van der Waals surface area (Å²) in [5, 5.41) is 0. The van der Waals surface area contributed by atoms with Crippen LogP contribution < -0.4 is 0 Å². The van der Waals surface area contributed by atoms with Crippen LogP contribution >= 0.6 is 0 Å². The Bertz CT molecular complexity index is 8.00. The molecular weight excluding hydrogens is 130 g/mol. The molecule has 0 saturated heterocycles. The van der Waals surface area contributed by atoms with Crippen LogP contribution in [0, 0.1) is 0 Å². The molecule has 3 heteroatoms. The second kappa shape index (κ2) is 25.9. The van der Waals surface area contributed by atoms with Crippen molar-refractivity contribution >= 4 is 45.5 Å². The third-order valence-corrected chi connectivity index (χ3v) is 0. The van der Waals surface area contributed by atoms with Crippen molar-refractivity contribution in [2.24, 2.45) is 0 Å². The monoisotopic (exact) mass is 135 g/mol. The fourth-order valence-electron chi connectivity index (χ4n) is 0. The van der Waals surface area contributed by atoms with Gasteiger partial charge in [0.25, 0.3) is 0 Å². The Morgan fingerprint density at radius 2 is 1.25 bits per heavy atom. The minimum Gasteiger partial charge on any atom is -0.870 e. The van der Waals surface area contributed by atoms with Gasteiger partial charge in [0.1, 0.15) is 0 Å². The van der Waals surface area contributed by atoms with Gasteiger partial charge in [-0.15, -0.1) is 0 Å². The Labute approximate surface area is 62.9 Å². The minimum atomic E-state index is 0. The van der Waals surface area contributed by atoms with E-state index in [9.17, 15) is 0 Å². The van der Waals surface area contributed by atoms with Gasteiger partial charge in [0.05, 0.1) is 0 Å². The molecule has 0 rings (SSSR count). The van der Waals surface area contributed by atoms with Crippen LogP contribution in [0.3, 0.4) is 0 Å². The quantitative estimate of drug-likeness (QED) is 0.434. The molecule has 0 aromatic rings. The summed E-state index contributed by atoms with van der Waals surface area (Å²) in [4.78, 5) is 0. The van der Waals surface area contributed by atoms with Crippen molar-refractivity contribution in [2.75, 3.05) is 7.05 Å². The fraction of sp³-hybridized carbons (Fsp3) is 1.00. The van der Waals surface area contributed by atoms with E-state index in [0.29, 0.717) is 0 Å². The van der Waals surface area contributed by atoms with Gasteiger partial charge in [-0.1, -0.05) is 0 Å². The Balaban J connectivity index is -0.00000000500. The zero-order valence-electron chi connectivity index (χ0n) is 2.65. The third kappa shape index (κ3) is 9.99. The van der Waals surface area contributed by atoms with E-state index < -0.39 is 0 Å². The predicted molar refractivity (Wildman–Crippen MR) is 17.9 cm³/mol. The van der Waals surface area contributed by atoms with E-state index in [0.717, 1.165) is 0 Å². The van der Waals surface area contributed by atoms with Crippen molar-refractivity contribution < 1.29 is 5.48 Å². The first-order valence-electron chi connectivity index (χ1n) is 0.500. The van der Waals surface area contributed by atoms with Crippen LogP contribution in [0.25, 0.3) is 5.73 Å². The topological polar surface area (TPSA) is 53.8 Å². The third-order valence-electron chi connectivity index (χ3n) is 0. The van der Waals surface area contributed by atoms with Crippen LogP contribution in [0.1, 0.15) is 0 Å². The van der Waals surface area contributed by atoms with E-state index in [1.807, 2.05) is 0 Å². The molecular formula is CH5NOSr. The molecule has 0 radical (unpaired) electrons. The van der Waals surface area contributed by atoms with Crippen LogP contribution in [-0.4, -0.2) is 58.0 Å². The van der Waals surface area contributed by atoms with Gasteiger partial charge in [-0.25, -0.2) is 0 Å². The molecule has 0 aromatic heterocycles. The van der Waals surface area contributed by atoms with Crippen molar-refractivity contribution in [3.63, 3.8) is 0 Å². The molecule has 2 N–H and O–H groups in total. The van der Waals surface area contributed by atoms with Gasteiger partial charge in [-0.3, -0.25) is 0 Å². The van der Waals surface area contributed by atoms with Crippen molar-refractivity contribution in [3.05, 3.63) is 5.73 Å². The van der Waals surface area contributed by atoms with Gasteiger partial charge in [0.15, 0.2) is 0 Å². The smallest absolute Gasteiger partial charge is 0.870 e. The van der Waals surface area contributed by atoms with E-state index in [1.165, 1.54) is 7.05 Å². The number of hydrogen-bond acceptors (Lipinski definition) is 1. The summed E-state index contributed by atoms with van der Waals surface area (Å²) in [6, 6.07) is 0. The Kier molecular flexibility index (Phi) is 118. The zero-order valence-corrected chi connectivity index (χ0v) is 6.13. The normalized spacial score (nSPS) is 1.50. The first kappa shape index (κ1) is 18.1. The van der Waals surface area contributed by atoms with Crippen molar-refractivity contribution in [1.82, 2.24) is 0 Å². The zero-order chi connectivity index (χ0) is 2.00. The van der Waals surface area contributed by atoms with Crippen LogP contribution in [0.2, 0.25) is 0 Å². The molecule has 0 aromatic carbocycles. The maximum atomic E-state index is 5.75. The summed E-state index contributed by atoms with van der Waals surface area (Å²) in [5.41, 5.74) is 5.75. The maximum Gasteiger partial charge on any atom is 2.00 e. The Morgan fingerprint density at radius 3 is 1.25 bits per heavy atom. The second-order valence-corrected chi connectivity index (χ2v) is 0.